The molecule has 0 bridgehead atoms. The van der Waals surface area contributed by atoms with Crippen LogP contribution in [0, 0.1) is 0 Å². The SMILES string of the molecule is FC(F)(F)c1cc(Cl)ccc1NCCn1cccn1. The fourth-order valence-corrected chi connectivity index (χ4v) is 1.82. The van der Waals surface area contributed by atoms with Gasteiger partial charge in [0.1, 0.15) is 0 Å². The highest BCUT2D eigenvalue weighted by atomic mass is 35.5. The van der Waals surface area contributed by atoms with Crippen LogP contribution in [0.5, 0.6) is 0 Å². The van der Waals surface area contributed by atoms with Crippen molar-refractivity contribution < 1.29 is 13.2 Å². The van der Waals surface area contributed by atoms with Gasteiger partial charge in [0.15, 0.2) is 0 Å². The Labute approximate surface area is 113 Å². The van der Waals surface area contributed by atoms with Crippen molar-refractivity contribution >= 4 is 17.3 Å². The number of benzene rings is 1. The maximum Gasteiger partial charge on any atom is 0.418 e. The minimum atomic E-state index is -4.43. The van der Waals surface area contributed by atoms with E-state index in [4.69, 9.17) is 11.6 Å². The molecule has 1 N–H and O–H groups in total. The zero-order valence-electron chi connectivity index (χ0n) is 9.78. The third-order valence-electron chi connectivity index (χ3n) is 2.50. The summed E-state index contributed by atoms with van der Waals surface area (Å²) in [4.78, 5) is 0. The van der Waals surface area contributed by atoms with Crippen molar-refractivity contribution in [2.45, 2.75) is 12.7 Å². The highest BCUT2D eigenvalue weighted by Crippen LogP contribution is 2.36. The molecule has 0 amide bonds. The molecule has 0 radical (unpaired) electrons. The summed E-state index contributed by atoms with van der Waals surface area (Å²) in [6.07, 6.45) is -1.07. The van der Waals surface area contributed by atoms with E-state index in [2.05, 4.69) is 10.4 Å². The Bertz CT molecular complexity index is 538. The molecule has 0 spiro atoms. The van der Waals surface area contributed by atoms with Crippen molar-refractivity contribution in [3.8, 4) is 0 Å². The van der Waals surface area contributed by atoms with Gasteiger partial charge in [-0.05, 0) is 24.3 Å². The lowest BCUT2D eigenvalue weighted by atomic mass is 10.1. The lowest BCUT2D eigenvalue weighted by molar-refractivity contribution is -0.136. The molecule has 0 aliphatic rings. The van der Waals surface area contributed by atoms with Crippen LogP contribution >= 0.6 is 11.6 Å². The molecule has 0 saturated carbocycles. The number of alkyl halides is 3. The first-order valence-corrected chi connectivity index (χ1v) is 5.92. The Kier molecular flexibility index (Phi) is 3.99. The van der Waals surface area contributed by atoms with Gasteiger partial charge in [0.25, 0.3) is 0 Å². The largest absolute Gasteiger partial charge is 0.418 e. The van der Waals surface area contributed by atoms with Gasteiger partial charge in [0.05, 0.1) is 12.1 Å². The van der Waals surface area contributed by atoms with Crippen LogP contribution < -0.4 is 5.32 Å². The van der Waals surface area contributed by atoms with Crippen molar-refractivity contribution in [3.63, 3.8) is 0 Å². The average Bonchev–Trinajstić information content (AvgIpc) is 2.83. The van der Waals surface area contributed by atoms with Gasteiger partial charge in [-0.3, -0.25) is 4.68 Å². The van der Waals surface area contributed by atoms with Crippen LogP contribution in [0.15, 0.2) is 36.7 Å². The first-order chi connectivity index (χ1) is 8.97. The number of hydrogen-bond donors (Lipinski definition) is 1. The topological polar surface area (TPSA) is 29.9 Å². The Morgan fingerprint density at radius 1 is 1.32 bits per heavy atom. The molecule has 0 fully saturated rings. The minimum absolute atomic E-state index is 0.0176. The summed E-state index contributed by atoms with van der Waals surface area (Å²) >= 11 is 5.60. The molecule has 3 nitrogen and oxygen atoms in total. The van der Waals surface area contributed by atoms with E-state index in [1.165, 1.54) is 12.1 Å². The fourth-order valence-electron chi connectivity index (χ4n) is 1.64. The normalized spacial score (nSPS) is 11.6. The van der Waals surface area contributed by atoms with Crippen LogP contribution in [0.25, 0.3) is 0 Å². The molecular formula is C12H11ClF3N3. The third kappa shape index (κ3) is 3.64. The van der Waals surface area contributed by atoms with Gasteiger partial charge in [-0.2, -0.15) is 18.3 Å². The van der Waals surface area contributed by atoms with Crippen molar-refractivity contribution in [1.29, 1.82) is 0 Å². The molecule has 0 aliphatic heterocycles. The lowest BCUT2D eigenvalue weighted by Gasteiger charge is -2.14. The molecule has 2 aromatic rings. The van der Waals surface area contributed by atoms with E-state index in [0.29, 0.717) is 13.1 Å². The van der Waals surface area contributed by atoms with Crippen LogP contribution in [0.3, 0.4) is 0 Å². The van der Waals surface area contributed by atoms with Crippen molar-refractivity contribution in [2.24, 2.45) is 0 Å². The minimum Gasteiger partial charge on any atom is -0.383 e. The van der Waals surface area contributed by atoms with Gasteiger partial charge in [-0.15, -0.1) is 0 Å². The smallest absolute Gasteiger partial charge is 0.383 e. The molecule has 0 aliphatic carbocycles. The van der Waals surface area contributed by atoms with Crippen molar-refractivity contribution in [2.75, 3.05) is 11.9 Å². The van der Waals surface area contributed by atoms with E-state index in [0.717, 1.165) is 6.07 Å². The maximum absolute atomic E-state index is 12.8. The van der Waals surface area contributed by atoms with Crippen LogP contribution in [0.2, 0.25) is 5.02 Å². The summed E-state index contributed by atoms with van der Waals surface area (Å²) in [5.41, 5.74) is -0.746. The molecule has 0 saturated heterocycles. The van der Waals surface area contributed by atoms with Crippen LogP contribution in [-0.4, -0.2) is 16.3 Å². The van der Waals surface area contributed by atoms with Gasteiger partial charge >= 0.3 is 6.18 Å². The van der Waals surface area contributed by atoms with E-state index in [9.17, 15) is 13.2 Å². The molecular weight excluding hydrogens is 279 g/mol. The van der Waals surface area contributed by atoms with Crippen LogP contribution in [0.4, 0.5) is 18.9 Å². The number of hydrogen-bond acceptors (Lipinski definition) is 2. The standard InChI is InChI=1S/C12H11ClF3N3/c13-9-2-3-11(10(8-9)12(14,15)16)17-5-7-19-6-1-4-18-19/h1-4,6,8,17H,5,7H2. The zero-order chi connectivity index (χ0) is 13.9. The Morgan fingerprint density at radius 2 is 2.11 bits per heavy atom. The molecule has 0 atom stereocenters. The molecule has 1 aromatic carbocycles. The van der Waals surface area contributed by atoms with E-state index in [-0.39, 0.29) is 10.7 Å². The molecule has 19 heavy (non-hydrogen) atoms. The molecule has 2 rings (SSSR count). The molecule has 1 heterocycles. The lowest BCUT2D eigenvalue weighted by Crippen LogP contribution is -2.15. The van der Waals surface area contributed by atoms with Crippen LogP contribution in [0.1, 0.15) is 5.56 Å². The fraction of sp³-hybridized carbons (Fsp3) is 0.250. The zero-order valence-corrected chi connectivity index (χ0v) is 10.5. The second-order valence-corrected chi connectivity index (χ2v) is 4.32. The quantitative estimate of drug-likeness (QED) is 0.931. The predicted molar refractivity (Wildman–Crippen MR) is 67.2 cm³/mol. The summed E-state index contributed by atoms with van der Waals surface area (Å²) < 4.78 is 40.1. The Balaban J connectivity index is 2.07. The van der Waals surface area contributed by atoms with Gasteiger partial charge in [0.2, 0.25) is 0 Å². The maximum atomic E-state index is 12.8. The second-order valence-electron chi connectivity index (χ2n) is 3.88. The number of anilines is 1. The summed E-state index contributed by atoms with van der Waals surface area (Å²) in [7, 11) is 0. The summed E-state index contributed by atoms with van der Waals surface area (Å²) in [6, 6.07) is 5.42. The van der Waals surface area contributed by atoms with Crippen LogP contribution in [-0.2, 0) is 12.7 Å². The van der Waals surface area contributed by atoms with E-state index >= 15 is 0 Å². The van der Waals surface area contributed by atoms with Gasteiger partial charge in [0, 0.05) is 29.6 Å². The molecule has 102 valence electrons. The number of nitrogens with zero attached hydrogens (tertiary/aromatic N) is 2. The van der Waals surface area contributed by atoms with Crippen molar-refractivity contribution in [3.05, 3.63) is 47.2 Å². The number of aromatic nitrogens is 2. The first-order valence-electron chi connectivity index (χ1n) is 5.55. The highest BCUT2D eigenvalue weighted by Gasteiger charge is 2.33. The number of nitrogens with one attached hydrogen (secondary N) is 1. The number of halogens is 4. The average molecular weight is 290 g/mol. The monoisotopic (exact) mass is 289 g/mol. The Hall–Kier alpha value is -1.69. The third-order valence-corrected chi connectivity index (χ3v) is 2.74. The first kappa shape index (κ1) is 13.7. The molecule has 7 heteroatoms. The van der Waals surface area contributed by atoms with Crippen molar-refractivity contribution in [1.82, 2.24) is 9.78 Å². The van der Waals surface area contributed by atoms with Gasteiger partial charge < -0.3 is 5.32 Å². The Morgan fingerprint density at radius 3 is 2.74 bits per heavy atom. The van der Waals surface area contributed by atoms with Gasteiger partial charge in [-0.1, -0.05) is 11.6 Å². The summed E-state index contributed by atoms with van der Waals surface area (Å²) in [5, 5.41) is 6.77. The van der Waals surface area contributed by atoms with Gasteiger partial charge in [-0.25, -0.2) is 0 Å². The van der Waals surface area contributed by atoms with E-state index in [1.54, 1.807) is 23.1 Å². The second kappa shape index (κ2) is 5.52. The number of rotatable bonds is 4. The molecule has 1 aromatic heterocycles. The van der Waals surface area contributed by atoms with E-state index < -0.39 is 11.7 Å². The van der Waals surface area contributed by atoms with E-state index in [1.807, 2.05) is 0 Å². The summed E-state index contributed by atoms with van der Waals surface area (Å²) in [5.74, 6) is 0. The highest BCUT2D eigenvalue weighted by molar-refractivity contribution is 6.30. The predicted octanol–water partition coefficient (Wildman–Crippen LogP) is 3.67. The summed E-state index contributed by atoms with van der Waals surface area (Å²) in [6.45, 7) is 0.819. The molecule has 0 unspecified atom stereocenters.